The van der Waals surface area contributed by atoms with Crippen LogP contribution in [0, 0.1) is 0 Å². The molecule has 2 heterocycles. The van der Waals surface area contributed by atoms with Gasteiger partial charge in [-0.25, -0.2) is 0 Å². The number of aryl methyl sites for hydroxylation is 2. The van der Waals surface area contributed by atoms with E-state index in [0.717, 1.165) is 6.54 Å². The largest absolute Gasteiger partial charge is 0.304 e. The third kappa shape index (κ3) is 2.66. The Labute approximate surface area is 116 Å². The van der Waals surface area contributed by atoms with E-state index < -0.39 is 0 Å². The van der Waals surface area contributed by atoms with Crippen LogP contribution in [-0.2, 0) is 19.4 Å². The van der Waals surface area contributed by atoms with Crippen molar-refractivity contribution in [1.82, 2.24) is 10.3 Å². The molecular formula is C14H18N2S2. The molecule has 1 aliphatic rings. The van der Waals surface area contributed by atoms with Crippen LogP contribution >= 0.6 is 22.7 Å². The molecule has 0 spiro atoms. The van der Waals surface area contributed by atoms with Crippen LogP contribution in [0.5, 0.6) is 0 Å². The minimum atomic E-state index is 0.447. The second-order valence-corrected chi connectivity index (χ2v) is 7.01. The van der Waals surface area contributed by atoms with Gasteiger partial charge in [-0.1, -0.05) is 0 Å². The number of aromatic nitrogens is 1. The summed E-state index contributed by atoms with van der Waals surface area (Å²) >= 11 is 3.72. The van der Waals surface area contributed by atoms with Crippen LogP contribution < -0.4 is 5.32 Å². The second kappa shape index (κ2) is 5.51. The van der Waals surface area contributed by atoms with E-state index in [4.69, 9.17) is 0 Å². The van der Waals surface area contributed by atoms with Crippen molar-refractivity contribution in [3.8, 4) is 0 Å². The molecule has 1 aliphatic carbocycles. The summed E-state index contributed by atoms with van der Waals surface area (Å²) in [6, 6.07) is 2.87. The van der Waals surface area contributed by atoms with Gasteiger partial charge in [-0.15, -0.1) is 22.7 Å². The Morgan fingerprint density at radius 3 is 3.06 bits per heavy atom. The fourth-order valence-electron chi connectivity index (χ4n) is 2.41. The highest BCUT2D eigenvalue weighted by Gasteiger charge is 2.16. The third-order valence-electron chi connectivity index (χ3n) is 3.51. The highest BCUT2D eigenvalue weighted by molar-refractivity contribution is 7.12. The normalized spacial score (nSPS) is 16.5. The lowest BCUT2D eigenvalue weighted by Crippen LogP contribution is -2.16. The highest BCUT2D eigenvalue weighted by Crippen LogP contribution is 2.32. The average Bonchev–Trinajstić information content (AvgIpc) is 3.04. The van der Waals surface area contributed by atoms with Crippen molar-refractivity contribution < 1.29 is 0 Å². The van der Waals surface area contributed by atoms with Gasteiger partial charge in [0.2, 0.25) is 0 Å². The SMILES string of the molecule is CC(NCc1cncs1)c1cc2c(s1)CCCC2. The Bertz CT molecular complexity index is 478. The molecule has 2 nitrogen and oxygen atoms in total. The first-order valence-corrected chi connectivity index (χ1v) is 8.25. The number of thiophene rings is 1. The van der Waals surface area contributed by atoms with Gasteiger partial charge >= 0.3 is 0 Å². The number of rotatable bonds is 4. The van der Waals surface area contributed by atoms with Gasteiger partial charge in [-0.05, 0) is 44.2 Å². The minimum Gasteiger partial charge on any atom is -0.304 e. The van der Waals surface area contributed by atoms with Crippen LogP contribution in [0.1, 0.15) is 46.0 Å². The Balaban J connectivity index is 1.64. The molecule has 0 aliphatic heterocycles. The van der Waals surface area contributed by atoms with Crippen LogP contribution in [0.3, 0.4) is 0 Å². The van der Waals surface area contributed by atoms with Crippen LogP contribution in [0.4, 0.5) is 0 Å². The summed E-state index contributed by atoms with van der Waals surface area (Å²) in [6.45, 7) is 3.19. The van der Waals surface area contributed by atoms with Crippen molar-refractivity contribution >= 4 is 22.7 Å². The standard InChI is InChI=1S/C14H18N2S2/c1-10(16-8-12-7-15-9-17-12)14-6-11-4-2-3-5-13(11)18-14/h6-7,9-10,16H,2-5,8H2,1H3. The summed E-state index contributed by atoms with van der Waals surface area (Å²) < 4.78 is 0. The van der Waals surface area contributed by atoms with Crippen molar-refractivity contribution in [1.29, 1.82) is 0 Å². The van der Waals surface area contributed by atoms with Crippen LogP contribution in [0.2, 0.25) is 0 Å². The van der Waals surface area contributed by atoms with Crippen molar-refractivity contribution in [2.24, 2.45) is 0 Å². The molecule has 0 aromatic carbocycles. The van der Waals surface area contributed by atoms with Gasteiger partial charge in [0.15, 0.2) is 0 Å². The zero-order chi connectivity index (χ0) is 12.4. The number of nitrogens with zero attached hydrogens (tertiary/aromatic N) is 1. The molecule has 96 valence electrons. The van der Waals surface area contributed by atoms with E-state index in [1.54, 1.807) is 21.8 Å². The van der Waals surface area contributed by atoms with Crippen LogP contribution in [-0.4, -0.2) is 4.98 Å². The lowest BCUT2D eigenvalue weighted by atomic mass is 9.99. The fourth-order valence-corrected chi connectivity index (χ4v) is 4.24. The van der Waals surface area contributed by atoms with E-state index in [9.17, 15) is 0 Å². The molecule has 0 fully saturated rings. The molecule has 18 heavy (non-hydrogen) atoms. The average molecular weight is 278 g/mol. The van der Waals surface area contributed by atoms with Gasteiger partial charge in [0.05, 0.1) is 5.51 Å². The van der Waals surface area contributed by atoms with E-state index >= 15 is 0 Å². The van der Waals surface area contributed by atoms with Crippen molar-refractivity contribution in [3.05, 3.63) is 38.0 Å². The zero-order valence-electron chi connectivity index (χ0n) is 10.6. The van der Waals surface area contributed by atoms with Crippen molar-refractivity contribution in [2.75, 3.05) is 0 Å². The first kappa shape index (κ1) is 12.3. The van der Waals surface area contributed by atoms with Gasteiger partial charge < -0.3 is 5.32 Å². The van der Waals surface area contributed by atoms with Gasteiger partial charge in [-0.2, -0.15) is 0 Å². The molecule has 2 aromatic rings. The van der Waals surface area contributed by atoms with E-state index in [-0.39, 0.29) is 0 Å². The molecule has 3 rings (SSSR count). The molecule has 1 unspecified atom stereocenters. The first-order chi connectivity index (χ1) is 8.83. The molecule has 0 saturated carbocycles. The number of fused-ring (bicyclic) bond motifs is 1. The highest BCUT2D eigenvalue weighted by atomic mass is 32.1. The third-order valence-corrected chi connectivity index (χ3v) is 5.71. The quantitative estimate of drug-likeness (QED) is 0.916. The minimum absolute atomic E-state index is 0.447. The number of thiazole rings is 1. The smallest absolute Gasteiger partial charge is 0.0794 e. The Kier molecular flexibility index (Phi) is 3.77. The maximum Gasteiger partial charge on any atom is 0.0794 e. The van der Waals surface area contributed by atoms with Gasteiger partial charge in [0.25, 0.3) is 0 Å². The van der Waals surface area contributed by atoms with E-state index in [2.05, 4.69) is 23.3 Å². The lowest BCUT2D eigenvalue weighted by Gasteiger charge is -2.10. The summed E-state index contributed by atoms with van der Waals surface area (Å²) in [5.41, 5.74) is 3.50. The summed E-state index contributed by atoms with van der Waals surface area (Å²) in [4.78, 5) is 8.54. The molecule has 4 heteroatoms. The molecule has 0 saturated heterocycles. The van der Waals surface area contributed by atoms with Crippen LogP contribution in [0.25, 0.3) is 0 Å². The summed E-state index contributed by atoms with van der Waals surface area (Å²) in [7, 11) is 0. The molecule has 1 N–H and O–H groups in total. The van der Waals surface area contributed by atoms with Gasteiger partial charge in [0, 0.05) is 33.4 Å². The Morgan fingerprint density at radius 1 is 1.39 bits per heavy atom. The molecule has 1 atom stereocenters. The maximum atomic E-state index is 4.11. The number of hydrogen-bond acceptors (Lipinski definition) is 4. The van der Waals surface area contributed by atoms with Gasteiger partial charge in [0.1, 0.15) is 0 Å². The van der Waals surface area contributed by atoms with Crippen molar-refractivity contribution in [3.63, 3.8) is 0 Å². The topological polar surface area (TPSA) is 24.9 Å². The first-order valence-electron chi connectivity index (χ1n) is 6.55. The molecular weight excluding hydrogens is 260 g/mol. The second-order valence-electron chi connectivity index (χ2n) is 4.87. The molecule has 2 aromatic heterocycles. The van der Waals surface area contributed by atoms with Crippen molar-refractivity contribution in [2.45, 2.75) is 45.2 Å². The summed E-state index contributed by atoms with van der Waals surface area (Å²) in [5.74, 6) is 0. The summed E-state index contributed by atoms with van der Waals surface area (Å²) in [6.07, 6.45) is 7.26. The van der Waals surface area contributed by atoms with E-state index in [1.165, 1.54) is 35.4 Å². The molecule has 0 bridgehead atoms. The number of hydrogen-bond donors (Lipinski definition) is 1. The van der Waals surface area contributed by atoms with Gasteiger partial charge in [-0.3, -0.25) is 4.98 Å². The Morgan fingerprint density at radius 2 is 2.28 bits per heavy atom. The predicted octanol–water partition coefficient (Wildman–Crippen LogP) is 3.93. The zero-order valence-corrected chi connectivity index (χ0v) is 12.2. The monoisotopic (exact) mass is 278 g/mol. The predicted molar refractivity (Wildman–Crippen MR) is 78.3 cm³/mol. The fraction of sp³-hybridized carbons (Fsp3) is 0.500. The van der Waals surface area contributed by atoms with E-state index in [0.29, 0.717) is 6.04 Å². The summed E-state index contributed by atoms with van der Waals surface area (Å²) in [5, 5.41) is 3.59. The number of nitrogens with one attached hydrogen (secondary N) is 1. The molecule has 0 radical (unpaired) electrons. The lowest BCUT2D eigenvalue weighted by molar-refractivity contribution is 0.586. The van der Waals surface area contributed by atoms with Crippen LogP contribution in [0.15, 0.2) is 17.8 Å². The Hall–Kier alpha value is -0.710. The van der Waals surface area contributed by atoms with E-state index in [1.807, 2.05) is 23.0 Å². The maximum absolute atomic E-state index is 4.11. The molecule has 0 amide bonds.